The van der Waals surface area contributed by atoms with Crippen LogP contribution in [0.4, 0.5) is 13.2 Å². The first-order valence-electron chi connectivity index (χ1n) is 11.1. The van der Waals surface area contributed by atoms with Crippen LogP contribution in [0.2, 0.25) is 0 Å². The number of hydrogen-bond acceptors (Lipinski definition) is 7. The van der Waals surface area contributed by atoms with E-state index in [1.165, 1.54) is 24.0 Å². The number of carbonyl (C=O) groups excluding carboxylic acids is 1. The molecule has 0 fully saturated rings. The van der Waals surface area contributed by atoms with Crippen LogP contribution in [0.3, 0.4) is 0 Å². The fourth-order valence-electron chi connectivity index (χ4n) is 3.35. The molecular formula is C23H23F3N4O7S. The molecule has 0 bridgehead atoms. The van der Waals surface area contributed by atoms with E-state index in [0.717, 1.165) is 12.1 Å². The number of likely N-dealkylation sites (N-methyl/N-ethyl adjacent to an activating group) is 1. The Kier molecular flexibility index (Phi) is 8.75. The number of aromatic nitrogens is 2. The molecule has 1 unspecified atom stereocenters. The van der Waals surface area contributed by atoms with Crippen LogP contribution in [-0.4, -0.2) is 46.1 Å². The third kappa shape index (κ3) is 6.67. The second-order valence-electron chi connectivity index (χ2n) is 7.84. The SMILES string of the molecule is CCNC(=O)C(CCn1c(=O)cc(C(F)(F)F)[nH]c1=O)N(O)S(=O)(=O)c1ccc(Oc2ccccc2)cc1. The molecule has 0 saturated carbocycles. The van der Waals surface area contributed by atoms with Gasteiger partial charge in [0, 0.05) is 19.2 Å². The quantitative estimate of drug-likeness (QED) is 0.324. The summed E-state index contributed by atoms with van der Waals surface area (Å²) in [6, 6.07) is 11.9. The molecule has 0 spiro atoms. The highest BCUT2D eigenvalue weighted by Gasteiger charge is 2.36. The molecule has 1 heterocycles. The van der Waals surface area contributed by atoms with E-state index in [9.17, 15) is 41.2 Å². The van der Waals surface area contributed by atoms with Gasteiger partial charge in [0.2, 0.25) is 5.91 Å². The highest BCUT2D eigenvalue weighted by Crippen LogP contribution is 2.26. The first kappa shape index (κ1) is 28.6. The number of nitrogens with zero attached hydrogens (tertiary/aromatic N) is 2. The molecule has 3 aromatic rings. The van der Waals surface area contributed by atoms with Crippen LogP contribution in [0.15, 0.2) is 75.1 Å². The summed E-state index contributed by atoms with van der Waals surface area (Å²) in [4.78, 5) is 37.9. The van der Waals surface area contributed by atoms with E-state index in [-0.39, 0.29) is 17.1 Å². The van der Waals surface area contributed by atoms with Crippen LogP contribution in [0.5, 0.6) is 11.5 Å². The monoisotopic (exact) mass is 556 g/mol. The average Bonchev–Trinajstić information content (AvgIpc) is 2.86. The fraction of sp³-hybridized carbons (Fsp3) is 0.261. The van der Waals surface area contributed by atoms with Crippen molar-refractivity contribution in [3.8, 4) is 11.5 Å². The van der Waals surface area contributed by atoms with Crippen molar-refractivity contribution in [2.75, 3.05) is 6.54 Å². The zero-order valence-electron chi connectivity index (χ0n) is 19.8. The minimum absolute atomic E-state index is 0.0511. The van der Waals surface area contributed by atoms with Crippen LogP contribution in [0, 0.1) is 0 Å². The molecule has 2 aromatic carbocycles. The van der Waals surface area contributed by atoms with Gasteiger partial charge in [-0.3, -0.25) is 19.4 Å². The van der Waals surface area contributed by atoms with Gasteiger partial charge in [0.15, 0.2) is 0 Å². The Bertz CT molecular complexity index is 1460. The van der Waals surface area contributed by atoms with Crippen molar-refractivity contribution >= 4 is 15.9 Å². The Morgan fingerprint density at radius 1 is 1.11 bits per heavy atom. The van der Waals surface area contributed by atoms with E-state index in [1.807, 2.05) is 0 Å². The molecule has 3 rings (SSSR count). The number of amides is 1. The molecule has 204 valence electrons. The number of ether oxygens (including phenoxy) is 1. The number of hydroxylamine groups is 1. The Labute approximate surface area is 214 Å². The van der Waals surface area contributed by atoms with Crippen LogP contribution in [0.25, 0.3) is 0 Å². The number of H-pyrrole nitrogens is 1. The van der Waals surface area contributed by atoms with Gasteiger partial charge in [0.25, 0.3) is 15.6 Å². The standard InChI is InChI=1S/C23H23F3N4O7S/c1-2-27-21(32)18(12-13-29-20(31)14-19(23(24,25)26)28-22(29)33)30(34)38(35,36)17-10-8-16(9-11-17)37-15-6-4-3-5-7-15/h3-11,14,18,34H,2,12-13H2,1H3,(H,27,32)(H,28,33). The molecule has 11 nitrogen and oxygen atoms in total. The third-order valence-corrected chi connectivity index (χ3v) is 6.83. The maximum absolute atomic E-state index is 13.0. The van der Waals surface area contributed by atoms with E-state index in [1.54, 1.807) is 30.3 Å². The van der Waals surface area contributed by atoms with Crippen LogP contribution in [-0.2, 0) is 27.5 Å². The number of aromatic amines is 1. The molecule has 0 aliphatic carbocycles. The number of benzene rings is 2. The van der Waals surface area contributed by atoms with Crippen molar-refractivity contribution in [3.05, 3.63) is 87.2 Å². The predicted octanol–water partition coefficient (Wildman–Crippen LogP) is 2.32. The second kappa shape index (κ2) is 11.6. The van der Waals surface area contributed by atoms with E-state index < -0.39 is 63.0 Å². The number of nitrogens with one attached hydrogen (secondary N) is 2. The lowest BCUT2D eigenvalue weighted by Crippen LogP contribution is -2.49. The van der Waals surface area contributed by atoms with Gasteiger partial charge in [0.05, 0.1) is 4.90 Å². The van der Waals surface area contributed by atoms with Crippen molar-refractivity contribution in [2.24, 2.45) is 0 Å². The molecule has 1 amide bonds. The highest BCUT2D eigenvalue weighted by atomic mass is 32.2. The summed E-state index contributed by atoms with van der Waals surface area (Å²) in [7, 11) is -4.69. The summed E-state index contributed by atoms with van der Waals surface area (Å²) in [5.41, 5.74) is -4.30. The smallest absolute Gasteiger partial charge is 0.431 e. The first-order chi connectivity index (χ1) is 17.8. The largest absolute Gasteiger partial charge is 0.457 e. The van der Waals surface area contributed by atoms with Gasteiger partial charge in [-0.25, -0.2) is 13.2 Å². The van der Waals surface area contributed by atoms with Gasteiger partial charge < -0.3 is 15.0 Å². The first-order valence-corrected chi connectivity index (χ1v) is 12.5. The number of hydrogen-bond donors (Lipinski definition) is 3. The molecule has 3 N–H and O–H groups in total. The van der Waals surface area contributed by atoms with Crippen molar-refractivity contribution in [1.82, 2.24) is 19.3 Å². The number of alkyl halides is 3. The molecule has 15 heteroatoms. The minimum atomic E-state index is -4.97. The predicted molar refractivity (Wildman–Crippen MR) is 127 cm³/mol. The second-order valence-corrected chi connectivity index (χ2v) is 9.63. The van der Waals surface area contributed by atoms with Crippen molar-refractivity contribution in [2.45, 2.75) is 37.0 Å². The molecule has 1 aromatic heterocycles. The normalized spacial score (nSPS) is 12.8. The van der Waals surface area contributed by atoms with Gasteiger partial charge in [-0.05, 0) is 49.7 Å². The minimum Gasteiger partial charge on any atom is -0.457 e. The van der Waals surface area contributed by atoms with Crippen LogP contribution < -0.4 is 21.3 Å². The van der Waals surface area contributed by atoms with Gasteiger partial charge in [-0.15, -0.1) is 0 Å². The van der Waals surface area contributed by atoms with Crippen LogP contribution in [0.1, 0.15) is 19.0 Å². The Morgan fingerprint density at radius 3 is 2.26 bits per heavy atom. The van der Waals surface area contributed by atoms with E-state index >= 15 is 0 Å². The summed E-state index contributed by atoms with van der Waals surface area (Å²) in [5.74, 6) is -0.170. The number of sulfonamides is 1. The van der Waals surface area contributed by atoms with Gasteiger partial charge in [-0.2, -0.15) is 13.2 Å². The maximum atomic E-state index is 13.0. The zero-order chi connectivity index (χ0) is 28.1. The molecule has 38 heavy (non-hydrogen) atoms. The number of rotatable bonds is 10. The molecule has 1 atom stereocenters. The molecule has 0 aliphatic rings. The Balaban J connectivity index is 1.84. The van der Waals surface area contributed by atoms with E-state index in [4.69, 9.17) is 4.74 Å². The van der Waals surface area contributed by atoms with Crippen molar-refractivity contribution < 1.29 is 36.3 Å². The lowest BCUT2D eigenvalue weighted by Gasteiger charge is -2.25. The van der Waals surface area contributed by atoms with E-state index in [2.05, 4.69) is 5.32 Å². The topological polar surface area (TPSA) is 151 Å². The third-order valence-electron chi connectivity index (χ3n) is 5.22. The highest BCUT2D eigenvalue weighted by molar-refractivity contribution is 7.89. The summed E-state index contributed by atoms with van der Waals surface area (Å²) in [6.45, 7) is 0.905. The van der Waals surface area contributed by atoms with Crippen LogP contribution >= 0.6 is 0 Å². The van der Waals surface area contributed by atoms with Gasteiger partial charge in [0.1, 0.15) is 23.2 Å². The van der Waals surface area contributed by atoms with Crippen molar-refractivity contribution in [3.63, 3.8) is 0 Å². The lowest BCUT2D eigenvalue weighted by atomic mass is 10.2. The molecule has 0 saturated heterocycles. The number of para-hydroxylation sites is 1. The number of halogens is 3. The maximum Gasteiger partial charge on any atom is 0.431 e. The van der Waals surface area contributed by atoms with Gasteiger partial charge in [-0.1, -0.05) is 22.7 Å². The lowest BCUT2D eigenvalue weighted by molar-refractivity contribution is -0.141. The van der Waals surface area contributed by atoms with Crippen molar-refractivity contribution in [1.29, 1.82) is 0 Å². The molecule has 0 radical (unpaired) electrons. The molecule has 0 aliphatic heterocycles. The summed E-state index contributed by atoms with van der Waals surface area (Å²) >= 11 is 0. The number of carbonyl (C=O) groups is 1. The Morgan fingerprint density at radius 2 is 1.71 bits per heavy atom. The summed E-state index contributed by atoms with van der Waals surface area (Å²) in [6.07, 6.45) is -5.59. The Hall–Kier alpha value is -3.95. The molecular weight excluding hydrogens is 533 g/mol. The van der Waals surface area contributed by atoms with E-state index in [0.29, 0.717) is 16.1 Å². The van der Waals surface area contributed by atoms with Gasteiger partial charge >= 0.3 is 11.9 Å². The fourth-order valence-corrected chi connectivity index (χ4v) is 4.58. The average molecular weight is 557 g/mol. The summed E-state index contributed by atoms with van der Waals surface area (Å²) < 4.78 is 70.3. The zero-order valence-corrected chi connectivity index (χ0v) is 20.6. The summed E-state index contributed by atoms with van der Waals surface area (Å²) in [5, 5.41) is 12.9.